The molecule has 6 nitrogen and oxygen atoms in total. The van der Waals surface area contributed by atoms with E-state index in [1.807, 2.05) is 0 Å². The van der Waals surface area contributed by atoms with Crippen LogP contribution >= 0.6 is 0 Å². The van der Waals surface area contributed by atoms with Gasteiger partial charge in [-0.1, -0.05) is 226 Å². The summed E-state index contributed by atoms with van der Waals surface area (Å²) in [5, 5.41) is 0. The Kier molecular flexibility index (Phi) is 41.8. The van der Waals surface area contributed by atoms with E-state index in [-0.39, 0.29) is 31.1 Å². The number of esters is 3. The molecule has 0 aliphatic carbocycles. The van der Waals surface area contributed by atoms with Crippen LogP contribution in [0.5, 0.6) is 0 Å². The Morgan fingerprint density at radius 3 is 0.755 bits per heavy atom. The van der Waals surface area contributed by atoms with E-state index in [1.165, 1.54) is 167 Å². The van der Waals surface area contributed by atoms with Gasteiger partial charge in [-0.3, -0.25) is 14.4 Å². The Bertz CT molecular complexity index is 783. The molecule has 0 aliphatic heterocycles. The number of carbonyl (C=O) groups excluding carboxylic acids is 3. The van der Waals surface area contributed by atoms with E-state index in [4.69, 9.17) is 14.2 Å². The number of hydrogen-bond donors (Lipinski definition) is 0. The van der Waals surface area contributed by atoms with Crippen molar-refractivity contribution < 1.29 is 28.6 Å². The van der Waals surface area contributed by atoms with Gasteiger partial charge in [0.15, 0.2) is 6.10 Å². The number of ether oxygens (including phenoxy) is 3. The number of unbranched alkanes of at least 4 members (excludes halogenated alkanes) is 32. The second-order valence-corrected chi connectivity index (χ2v) is 16.0. The molecule has 0 saturated carbocycles. The highest BCUT2D eigenvalue weighted by Crippen LogP contribution is 2.16. The minimum absolute atomic E-state index is 0.0630. The summed E-state index contributed by atoms with van der Waals surface area (Å²) in [4.78, 5) is 37.6. The highest BCUT2D eigenvalue weighted by Gasteiger charge is 2.19. The predicted molar refractivity (Wildman–Crippen MR) is 224 cm³/mol. The fourth-order valence-electron chi connectivity index (χ4n) is 7.03. The monoisotopic (exact) mass is 751 g/mol. The first-order valence-corrected chi connectivity index (χ1v) is 23.5. The van der Waals surface area contributed by atoms with Gasteiger partial charge in [-0.25, -0.2) is 0 Å². The molecule has 0 radical (unpaired) electrons. The molecule has 0 aromatic carbocycles. The zero-order valence-electron chi connectivity index (χ0n) is 35.8. The highest BCUT2D eigenvalue weighted by molar-refractivity contribution is 5.71. The molecule has 0 amide bonds. The lowest BCUT2D eigenvalue weighted by Crippen LogP contribution is -2.30. The number of rotatable bonds is 43. The second kappa shape index (κ2) is 43.1. The molecular formula is C47H90O6. The van der Waals surface area contributed by atoms with Crippen molar-refractivity contribution in [3.63, 3.8) is 0 Å². The Balaban J connectivity index is 4.19. The van der Waals surface area contributed by atoms with Gasteiger partial charge in [0.1, 0.15) is 13.2 Å². The molecule has 0 fully saturated rings. The van der Waals surface area contributed by atoms with Crippen molar-refractivity contribution in [2.24, 2.45) is 0 Å². The van der Waals surface area contributed by atoms with Crippen molar-refractivity contribution in [2.45, 2.75) is 271 Å². The van der Waals surface area contributed by atoms with Crippen LogP contribution in [0.25, 0.3) is 0 Å². The Morgan fingerprint density at radius 1 is 0.302 bits per heavy atom. The van der Waals surface area contributed by atoms with Crippen molar-refractivity contribution in [1.29, 1.82) is 0 Å². The average molecular weight is 751 g/mol. The Hall–Kier alpha value is -1.59. The first-order chi connectivity index (χ1) is 26.0. The Morgan fingerprint density at radius 2 is 0.509 bits per heavy atom. The summed E-state index contributed by atoms with van der Waals surface area (Å²) in [5.74, 6) is -0.857. The molecule has 0 N–H and O–H groups in total. The molecule has 0 saturated heterocycles. The summed E-state index contributed by atoms with van der Waals surface area (Å²) in [5.41, 5.74) is 0. The lowest BCUT2D eigenvalue weighted by molar-refractivity contribution is -0.167. The molecule has 53 heavy (non-hydrogen) atoms. The quantitative estimate of drug-likeness (QED) is 0.0351. The first-order valence-electron chi connectivity index (χ1n) is 23.5. The van der Waals surface area contributed by atoms with Gasteiger partial charge in [0.05, 0.1) is 0 Å². The van der Waals surface area contributed by atoms with Crippen molar-refractivity contribution in [1.82, 2.24) is 0 Å². The molecule has 6 heteroatoms. The van der Waals surface area contributed by atoms with E-state index in [1.54, 1.807) is 0 Å². The molecule has 0 spiro atoms. The van der Waals surface area contributed by atoms with E-state index in [9.17, 15) is 14.4 Å². The van der Waals surface area contributed by atoms with Crippen molar-refractivity contribution in [2.75, 3.05) is 13.2 Å². The topological polar surface area (TPSA) is 78.9 Å². The third kappa shape index (κ3) is 41.4. The van der Waals surface area contributed by atoms with Gasteiger partial charge in [-0.05, 0) is 19.3 Å². The molecule has 0 rings (SSSR count). The lowest BCUT2D eigenvalue weighted by atomic mass is 10.0. The van der Waals surface area contributed by atoms with E-state index >= 15 is 0 Å². The lowest BCUT2D eigenvalue weighted by Gasteiger charge is -2.18. The summed E-state index contributed by atoms with van der Waals surface area (Å²) in [6.45, 7) is 6.61. The molecule has 0 heterocycles. The van der Waals surface area contributed by atoms with Crippen LogP contribution in [-0.2, 0) is 28.6 Å². The van der Waals surface area contributed by atoms with E-state index in [0.717, 1.165) is 57.8 Å². The minimum atomic E-state index is -0.757. The maximum absolute atomic E-state index is 12.7. The fourth-order valence-corrected chi connectivity index (χ4v) is 7.03. The van der Waals surface area contributed by atoms with Crippen molar-refractivity contribution in [3.8, 4) is 0 Å². The molecule has 0 bridgehead atoms. The van der Waals surface area contributed by atoms with Crippen LogP contribution < -0.4 is 0 Å². The third-order valence-corrected chi connectivity index (χ3v) is 10.6. The maximum Gasteiger partial charge on any atom is 0.306 e. The summed E-state index contributed by atoms with van der Waals surface area (Å²) in [7, 11) is 0. The molecular weight excluding hydrogens is 661 g/mol. The van der Waals surface area contributed by atoms with Gasteiger partial charge in [0.25, 0.3) is 0 Å². The summed E-state index contributed by atoms with van der Waals surface area (Å²) in [6, 6.07) is 0. The van der Waals surface area contributed by atoms with Crippen LogP contribution in [-0.4, -0.2) is 37.2 Å². The molecule has 0 aliphatic rings. The van der Waals surface area contributed by atoms with Crippen LogP contribution in [0, 0.1) is 0 Å². The van der Waals surface area contributed by atoms with E-state index < -0.39 is 6.10 Å². The predicted octanol–water partition coefficient (Wildman–Crippen LogP) is 14.9. The SMILES string of the molecule is CCCCCCCCCCCCCCCCCCCC(=O)OC[C@H](COC(=O)CCCCCCCCC)OC(=O)CCCCCCCCCCCCC. The van der Waals surface area contributed by atoms with Gasteiger partial charge in [0.2, 0.25) is 0 Å². The highest BCUT2D eigenvalue weighted by atomic mass is 16.6. The largest absolute Gasteiger partial charge is 0.462 e. The fraction of sp³-hybridized carbons (Fsp3) is 0.936. The third-order valence-electron chi connectivity index (χ3n) is 10.6. The van der Waals surface area contributed by atoms with Crippen molar-refractivity contribution >= 4 is 17.9 Å². The van der Waals surface area contributed by atoms with Crippen LogP contribution in [0.4, 0.5) is 0 Å². The summed E-state index contributed by atoms with van der Waals surface area (Å²) < 4.78 is 16.7. The second-order valence-electron chi connectivity index (χ2n) is 16.0. The van der Waals surface area contributed by atoms with Crippen LogP contribution in [0.2, 0.25) is 0 Å². The van der Waals surface area contributed by atoms with Crippen LogP contribution in [0.1, 0.15) is 265 Å². The number of hydrogen-bond acceptors (Lipinski definition) is 6. The molecule has 0 aromatic heterocycles. The Labute approximate surface area is 329 Å². The van der Waals surface area contributed by atoms with Crippen LogP contribution in [0.15, 0.2) is 0 Å². The van der Waals surface area contributed by atoms with Gasteiger partial charge in [0, 0.05) is 19.3 Å². The molecule has 0 unspecified atom stereocenters. The standard InChI is InChI=1S/C47H90O6/c1-4-7-10-13-16-18-20-21-22-23-24-25-27-28-31-34-37-40-46(49)52-43-44(42-51-45(48)39-36-33-30-15-12-9-6-3)53-47(50)41-38-35-32-29-26-19-17-14-11-8-5-2/h44H,4-43H2,1-3H3/t44-/m0/s1. The normalized spacial score (nSPS) is 11.8. The smallest absolute Gasteiger partial charge is 0.306 e. The van der Waals surface area contributed by atoms with Crippen molar-refractivity contribution in [3.05, 3.63) is 0 Å². The van der Waals surface area contributed by atoms with Gasteiger partial charge in [-0.15, -0.1) is 0 Å². The zero-order valence-corrected chi connectivity index (χ0v) is 35.8. The van der Waals surface area contributed by atoms with Gasteiger partial charge >= 0.3 is 17.9 Å². The number of carbonyl (C=O) groups is 3. The average Bonchev–Trinajstić information content (AvgIpc) is 3.15. The minimum Gasteiger partial charge on any atom is -0.462 e. The molecule has 1 atom stereocenters. The summed E-state index contributed by atoms with van der Waals surface area (Å²) >= 11 is 0. The van der Waals surface area contributed by atoms with Crippen LogP contribution in [0.3, 0.4) is 0 Å². The van der Waals surface area contributed by atoms with E-state index in [0.29, 0.717) is 19.3 Å². The van der Waals surface area contributed by atoms with Gasteiger partial charge < -0.3 is 14.2 Å². The van der Waals surface area contributed by atoms with Gasteiger partial charge in [-0.2, -0.15) is 0 Å². The zero-order chi connectivity index (χ0) is 38.7. The first kappa shape index (κ1) is 51.4. The molecule has 0 aromatic rings. The maximum atomic E-state index is 12.7. The summed E-state index contributed by atoms with van der Waals surface area (Å²) in [6.07, 6.45) is 43.8. The molecule has 314 valence electrons. The van der Waals surface area contributed by atoms with E-state index in [2.05, 4.69) is 20.8 Å².